The van der Waals surface area contributed by atoms with E-state index in [1.807, 2.05) is 34.1 Å². The number of amides is 2. The van der Waals surface area contributed by atoms with Crippen LogP contribution in [-0.4, -0.2) is 75.8 Å². The highest BCUT2D eigenvalue weighted by Crippen LogP contribution is 2.27. The van der Waals surface area contributed by atoms with Gasteiger partial charge in [0.15, 0.2) is 0 Å². The largest absolute Gasteiger partial charge is 0.491 e. The molecule has 170 valence electrons. The standard InChI is InChI=1S/C25H27N5O3/c1-18(31)29-11-9-28(10-12-29)16-19-5-6-23-20(15-19)17-30(13-14-33-23)25(32)21-3-2-4-22-24(21)27-8-7-26-22/h2-8,15H,9-14,16-17H2,1H3. The first-order chi connectivity index (χ1) is 16.1. The Morgan fingerprint density at radius 2 is 1.79 bits per heavy atom. The summed E-state index contributed by atoms with van der Waals surface area (Å²) in [5.41, 5.74) is 4.07. The Bertz CT molecular complexity index is 1180. The van der Waals surface area contributed by atoms with Gasteiger partial charge in [0.25, 0.3) is 5.91 Å². The molecule has 8 heteroatoms. The van der Waals surface area contributed by atoms with Crippen LogP contribution in [0.4, 0.5) is 0 Å². The van der Waals surface area contributed by atoms with E-state index in [0.29, 0.717) is 36.3 Å². The Labute approximate surface area is 192 Å². The van der Waals surface area contributed by atoms with Crippen LogP contribution in [-0.2, 0) is 17.9 Å². The quantitative estimate of drug-likeness (QED) is 0.616. The second-order valence-electron chi connectivity index (χ2n) is 8.53. The SMILES string of the molecule is CC(=O)N1CCN(Cc2ccc3c(c2)CN(C(=O)c2cccc4nccnc24)CCO3)CC1. The van der Waals surface area contributed by atoms with Crippen molar-refractivity contribution in [3.63, 3.8) is 0 Å². The molecule has 0 N–H and O–H groups in total. The van der Waals surface area contributed by atoms with Gasteiger partial charge in [-0.25, -0.2) is 0 Å². The topological polar surface area (TPSA) is 78.9 Å². The van der Waals surface area contributed by atoms with Crippen molar-refractivity contribution in [3.05, 3.63) is 65.5 Å². The van der Waals surface area contributed by atoms with Gasteiger partial charge in [-0.3, -0.25) is 24.5 Å². The summed E-state index contributed by atoms with van der Waals surface area (Å²) in [7, 11) is 0. The highest BCUT2D eigenvalue weighted by atomic mass is 16.5. The van der Waals surface area contributed by atoms with Gasteiger partial charge in [0.2, 0.25) is 5.91 Å². The van der Waals surface area contributed by atoms with E-state index in [1.165, 1.54) is 5.56 Å². The molecular formula is C25H27N5O3. The van der Waals surface area contributed by atoms with Crippen LogP contribution >= 0.6 is 0 Å². The van der Waals surface area contributed by atoms with E-state index in [1.54, 1.807) is 19.3 Å². The van der Waals surface area contributed by atoms with Gasteiger partial charge in [0.05, 0.1) is 17.6 Å². The summed E-state index contributed by atoms with van der Waals surface area (Å²) in [5.74, 6) is 0.898. The fourth-order valence-corrected chi connectivity index (χ4v) is 4.53. The molecule has 0 radical (unpaired) electrons. The highest BCUT2D eigenvalue weighted by molar-refractivity contribution is 6.04. The number of rotatable bonds is 3. The average molecular weight is 446 g/mol. The number of ether oxygens (including phenoxy) is 1. The molecule has 2 amide bonds. The molecule has 2 aliphatic rings. The van der Waals surface area contributed by atoms with Crippen LogP contribution in [0.25, 0.3) is 11.0 Å². The number of hydrogen-bond acceptors (Lipinski definition) is 6. The molecule has 33 heavy (non-hydrogen) atoms. The molecule has 0 bridgehead atoms. The van der Waals surface area contributed by atoms with Crippen LogP contribution in [0.3, 0.4) is 0 Å². The molecule has 1 aromatic heterocycles. The minimum absolute atomic E-state index is 0.0664. The molecule has 0 atom stereocenters. The Kier molecular flexibility index (Phi) is 5.92. The fourth-order valence-electron chi connectivity index (χ4n) is 4.53. The van der Waals surface area contributed by atoms with E-state index in [-0.39, 0.29) is 11.8 Å². The summed E-state index contributed by atoms with van der Waals surface area (Å²) in [5, 5.41) is 0. The number of fused-ring (bicyclic) bond motifs is 2. The first-order valence-electron chi connectivity index (χ1n) is 11.3. The van der Waals surface area contributed by atoms with Crippen molar-refractivity contribution >= 4 is 22.8 Å². The maximum Gasteiger partial charge on any atom is 0.256 e. The number of carbonyl (C=O) groups is 2. The van der Waals surface area contributed by atoms with E-state index in [2.05, 4.69) is 27.0 Å². The molecular weight excluding hydrogens is 418 g/mol. The second-order valence-corrected chi connectivity index (χ2v) is 8.53. The zero-order valence-electron chi connectivity index (χ0n) is 18.7. The number of nitrogens with zero attached hydrogens (tertiary/aromatic N) is 5. The van der Waals surface area contributed by atoms with Gasteiger partial charge < -0.3 is 14.5 Å². The highest BCUT2D eigenvalue weighted by Gasteiger charge is 2.24. The van der Waals surface area contributed by atoms with Crippen LogP contribution in [0.2, 0.25) is 0 Å². The number of aromatic nitrogens is 2. The summed E-state index contributed by atoms with van der Waals surface area (Å²) in [6, 6.07) is 11.8. The van der Waals surface area contributed by atoms with E-state index < -0.39 is 0 Å². The molecule has 3 aromatic rings. The number of hydrogen-bond donors (Lipinski definition) is 0. The maximum atomic E-state index is 13.4. The monoisotopic (exact) mass is 445 g/mol. The van der Waals surface area contributed by atoms with E-state index in [9.17, 15) is 9.59 Å². The molecule has 3 heterocycles. The maximum absolute atomic E-state index is 13.4. The van der Waals surface area contributed by atoms with Crippen molar-refractivity contribution in [2.45, 2.75) is 20.0 Å². The van der Waals surface area contributed by atoms with E-state index in [4.69, 9.17) is 4.74 Å². The lowest BCUT2D eigenvalue weighted by Gasteiger charge is -2.34. The Hall–Kier alpha value is -3.52. The summed E-state index contributed by atoms with van der Waals surface area (Å²) in [6.07, 6.45) is 3.25. The van der Waals surface area contributed by atoms with Crippen molar-refractivity contribution in [2.24, 2.45) is 0 Å². The molecule has 1 saturated heterocycles. The summed E-state index contributed by atoms with van der Waals surface area (Å²) in [4.78, 5) is 39.8. The first-order valence-corrected chi connectivity index (χ1v) is 11.3. The number of para-hydroxylation sites is 1. The van der Waals surface area contributed by atoms with Crippen LogP contribution < -0.4 is 4.74 Å². The molecule has 5 rings (SSSR count). The lowest BCUT2D eigenvalue weighted by Crippen LogP contribution is -2.47. The second kappa shape index (κ2) is 9.15. The molecule has 1 fully saturated rings. The Balaban J connectivity index is 1.33. The van der Waals surface area contributed by atoms with Crippen molar-refractivity contribution in [1.82, 2.24) is 24.7 Å². The molecule has 0 aliphatic carbocycles. The molecule has 0 unspecified atom stereocenters. The first kappa shape index (κ1) is 21.3. The van der Waals surface area contributed by atoms with Crippen molar-refractivity contribution < 1.29 is 14.3 Å². The van der Waals surface area contributed by atoms with Gasteiger partial charge in [-0.05, 0) is 29.8 Å². The van der Waals surface area contributed by atoms with Gasteiger partial charge in [-0.1, -0.05) is 12.1 Å². The van der Waals surface area contributed by atoms with Gasteiger partial charge in [0, 0.05) is 64.1 Å². The molecule has 2 aliphatic heterocycles. The molecule has 2 aromatic carbocycles. The summed E-state index contributed by atoms with van der Waals surface area (Å²) < 4.78 is 5.96. The predicted molar refractivity (Wildman–Crippen MR) is 124 cm³/mol. The lowest BCUT2D eigenvalue weighted by molar-refractivity contribution is -0.130. The Morgan fingerprint density at radius 3 is 2.61 bits per heavy atom. The van der Waals surface area contributed by atoms with Crippen molar-refractivity contribution in [3.8, 4) is 5.75 Å². The number of piperazine rings is 1. The van der Waals surface area contributed by atoms with Gasteiger partial charge in [-0.2, -0.15) is 0 Å². The summed E-state index contributed by atoms with van der Waals surface area (Å²) in [6.45, 7) is 7.12. The van der Waals surface area contributed by atoms with Crippen molar-refractivity contribution in [1.29, 1.82) is 0 Å². The summed E-state index contributed by atoms with van der Waals surface area (Å²) >= 11 is 0. The number of carbonyl (C=O) groups excluding carboxylic acids is 2. The molecule has 8 nitrogen and oxygen atoms in total. The van der Waals surface area contributed by atoms with Crippen LogP contribution in [0.15, 0.2) is 48.8 Å². The predicted octanol–water partition coefficient (Wildman–Crippen LogP) is 2.33. The fraction of sp³-hybridized carbons (Fsp3) is 0.360. The normalized spacial score (nSPS) is 16.8. The molecule has 0 spiro atoms. The zero-order chi connectivity index (χ0) is 22.8. The van der Waals surface area contributed by atoms with Gasteiger partial charge in [-0.15, -0.1) is 0 Å². The third-order valence-corrected chi connectivity index (χ3v) is 6.34. The van der Waals surface area contributed by atoms with E-state index in [0.717, 1.165) is 44.0 Å². The van der Waals surface area contributed by atoms with Crippen LogP contribution in [0.1, 0.15) is 28.4 Å². The average Bonchev–Trinajstić information content (AvgIpc) is 3.06. The smallest absolute Gasteiger partial charge is 0.256 e. The zero-order valence-corrected chi connectivity index (χ0v) is 18.7. The third kappa shape index (κ3) is 4.52. The van der Waals surface area contributed by atoms with Gasteiger partial charge >= 0.3 is 0 Å². The van der Waals surface area contributed by atoms with Crippen LogP contribution in [0, 0.1) is 0 Å². The third-order valence-electron chi connectivity index (χ3n) is 6.34. The lowest BCUT2D eigenvalue weighted by atomic mass is 10.1. The molecule has 0 saturated carbocycles. The Morgan fingerprint density at radius 1 is 0.970 bits per heavy atom. The van der Waals surface area contributed by atoms with Crippen molar-refractivity contribution in [2.75, 3.05) is 39.3 Å². The van der Waals surface area contributed by atoms with E-state index >= 15 is 0 Å². The number of benzene rings is 2. The minimum Gasteiger partial charge on any atom is -0.491 e. The van der Waals surface area contributed by atoms with Crippen LogP contribution in [0.5, 0.6) is 5.75 Å². The minimum atomic E-state index is -0.0664. The van der Waals surface area contributed by atoms with Gasteiger partial charge in [0.1, 0.15) is 17.9 Å².